The zero-order valence-electron chi connectivity index (χ0n) is 22.5. The van der Waals surface area contributed by atoms with Crippen LogP contribution in [0.3, 0.4) is 0 Å². The van der Waals surface area contributed by atoms with Gasteiger partial charge in [-0.25, -0.2) is 0 Å². The number of phenolic OH excluding ortho intramolecular Hbond substituents is 2. The van der Waals surface area contributed by atoms with Crippen LogP contribution in [0.1, 0.15) is 135 Å². The zero-order valence-corrected chi connectivity index (χ0v) is 22.5. The number of unbranched alkanes of at least 4 members (excludes halogenated alkanes) is 13. The number of ketones is 2. The van der Waals surface area contributed by atoms with E-state index in [1.807, 2.05) is 26.0 Å². The Morgan fingerprint density at radius 1 is 0.500 bits per heavy atom. The van der Waals surface area contributed by atoms with Gasteiger partial charge in [-0.3, -0.25) is 9.59 Å². The molecule has 0 aromatic heterocycles. The molecule has 4 nitrogen and oxygen atoms in total. The first-order valence-corrected chi connectivity index (χ1v) is 14.0. The standard InChI is InChI=1S/C32H46O4/c1-25-19-21-27(31(35)23-25)29(33)17-15-13-11-9-7-5-3-4-6-8-10-12-14-16-18-30(34)28-22-20-26(2)24-32(28)36/h19-24,35-36H,3-18H2,1-2H3. The van der Waals surface area contributed by atoms with Gasteiger partial charge in [-0.2, -0.15) is 0 Å². The highest BCUT2D eigenvalue weighted by atomic mass is 16.3. The average Bonchev–Trinajstić information content (AvgIpc) is 2.83. The molecular formula is C32H46O4. The topological polar surface area (TPSA) is 74.6 Å². The molecule has 0 aliphatic rings. The van der Waals surface area contributed by atoms with Gasteiger partial charge in [0.1, 0.15) is 11.5 Å². The van der Waals surface area contributed by atoms with Crippen LogP contribution in [0, 0.1) is 13.8 Å². The number of carbonyl (C=O) groups excluding carboxylic acids is 2. The summed E-state index contributed by atoms with van der Waals surface area (Å²) < 4.78 is 0. The van der Waals surface area contributed by atoms with Crippen LogP contribution in [0.25, 0.3) is 0 Å². The molecule has 0 amide bonds. The van der Waals surface area contributed by atoms with Gasteiger partial charge in [-0.05, 0) is 62.1 Å². The summed E-state index contributed by atoms with van der Waals surface area (Å²) in [6.07, 6.45) is 17.6. The first-order chi connectivity index (χ1) is 17.4. The fourth-order valence-electron chi connectivity index (χ4n) is 4.72. The lowest BCUT2D eigenvalue weighted by Crippen LogP contribution is -1.99. The summed E-state index contributed by atoms with van der Waals surface area (Å²) in [4.78, 5) is 24.5. The molecule has 4 heteroatoms. The molecule has 0 heterocycles. The van der Waals surface area contributed by atoms with Gasteiger partial charge in [0.2, 0.25) is 0 Å². The molecule has 2 N–H and O–H groups in total. The Bertz CT molecular complexity index is 870. The molecule has 0 atom stereocenters. The van der Waals surface area contributed by atoms with Crippen molar-refractivity contribution >= 4 is 11.6 Å². The fourth-order valence-corrected chi connectivity index (χ4v) is 4.72. The second-order valence-corrected chi connectivity index (χ2v) is 10.3. The zero-order chi connectivity index (χ0) is 26.2. The minimum absolute atomic E-state index is 0.0449. The van der Waals surface area contributed by atoms with Gasteiger partial charge in [-0.15, -0.1) is 0 Å². The fraction of sp³-hybridized carbons (Fsp3) is 0.562. The Balaban J connectivity index is 1.35. The van der Waals surface area contributed by atoms with E-state index in [1.54, 1.807) is 24.3 Å². The largest absolute Gasteiger partial charge is 0.507 e. The molecule has 2 aromatic carbocycles. The highest BCUT2D eigenvalue weighted by Gasteiger charge is 2.11. The summed E-state index contributed by atoms with van der Waals surface area (Å²) in [6.45, 7) is 3.81. The highest BCUT2D eigenvalue weighted by Crippen LogP contribution is 2.22. The molecule has 2 rings (SSSR count). The van der Waals surface area contributed by atoms with Crippen molar-refractivity contribution < 1.29 is 19.8 Å². The second kappa shape index (κ2) is 16.9. The van der Waals surface area contributed by atoms with E-state index < -0.39 is 0 Å². The van der Waals surface area contributed by atoms with Crippen molar-refractivity contribution in [3.8, 4) is 11.5 Å². The number of benzene rings is 2. The van der Waals surface area contributed by atoms with Crippen molar-refractivity contribution in [3.05, 3.63) is 58.7 Å². The van der Waals surface area contributed by atoms with Crippen LogP contribution in [-0.2, 0) is 0 Å². The first kappa shape index (κ1) is 29.6. The monoisotopic (exact) mass is 494 g/mol. The van der Waals surface area contributed by atoms with Crippen LogP contribution in [0.15, 0.2) is 36.4 Å². The van der Waals surface area contributed by atoms with E-state index >= 15 is 0 Å². The maximum atomic E-state index is 12.2. The smallest absolute Gasteiger partial charge is 0.166 e. The molecule has 0 spiro atoms. The molecule has 0 aliphatic heterocycles. The van der Waals surface area contributed by atoms with Gasteiger partial charge in [-0.1, -0.05) is 89.2 Å². The minimum Gasteiger partial charge on any atom is -0.507 e. The minimum atomic E-state index is 0.0449. The molecule has 36 heavy (non-hydrogen) atoms. The van der Waals surface area contributed by atoms with Crippen molar-refractivity contribution in [2.75, 3.05) is 0 Å². The molecule has 0 saturated carbocycles. The summed E-state index contributed by atoms with van der Waals surface area (Å²) >= 11 is 0. The van der Waals surface area contributed by atoms with Crippen LogP contribution in [0.5, 0.6) is 11.5 Å². The summed E-state index contributed by atoms with van der Waals surface area (Å²) in [5, 5.41) is 19.8. The van der Waals surface area contributed by atoms with Crippen molar-refractivity contribution in [2.45, 2.75) is 117 Å². The third-order valence-electron chi connectivity index (χ3n) is 6.96. The molecule has 198 valence electrons. The van der Waals surface area contributed by atoms with E-state index in [0.717, 1.165) is 36.8 Å². The number of hydrogen-bond acceptors (Lipinski definition) is 4. The number of rotatable bonds is 19. The summed E-state index contributed by atoms with van der Waals surface area (Å²) in [5.41, 5.74) is 2.84. The van der Waals surface area contributed by atoms with Gasteiger partial charge < -0.3 is 10.2 Å². The van der Waals surface area contributed by atoms with Crippen molar-refractivity contribution in [2.24, 2.45) is 0 Å². The van der Waals surface area contributed by atoms with Gasteiger partial charge >= 0.3 is 0 Å². The third-order valence-corrected chi connectivity index (χ3v) is 6.96. The molecule has 0 radical (unpaired) electrons. The normalized spacial score (nSPS) is 11.1. The van der Waals surface area contributed by atoms with Crippen LogP contribution >= 0.6 is 0 Å². The second-order valence-electron chi connectivity index (χ2n) is 10.3. The highest BCUT2D eigenvalue weighted by molar-refractivity contribution is 5.99. The van der Waals surface area contributed by atoms with E-state index in [-0.39, 0.29) is 23.1 Å². The number of hydrogen-bond donors (Lipinski definition) is 2. The SMILES string of the molecule is Cc1ccc(C(=O)CCCCCCCCCCCCCCCCC(=O)c2ccc(C)cc2O)c(O)c1. The summed E-state index contributed by atoms with van der Waals surface area (Å²) in [7, 11) is 0. The lowest BCUT2D eigenvalue weighted by molar-refractivity contribution is 0.0968. The molecule has 0 bridgehead atoms. The number of aromatic hydroxyl groups is 2. The van der Waals surface area contributed by atoms with Crippen LogP contribution < -0.4 is 0 Å². The maximum Gasteiger partial charge on any atom is 0.166 e. The van der Waals surface area contributed by atoms with Gasteiger partial charge in [0.05, 0.1) is 11.1 Å². The van der Waals surface area contributed by atoms with Crippen molar-refractivity contribution in [1.29, 1.82) is 0 Å². The Labute approximate surface area is 218 Å². The van der Waals surface area contributed by atoms with E-state index in [4.69, 9.17) is 0 Å². The van der Waals surface area contributed by atoms with Crippen LogP contribution in [0.4, 0.5) is 0 Å². The average molecular weight is 495 g/mol. The quantitative estimate of drug-likeness (QED) is 0.151. The maximum absolute atomic E-state index is 12.2. The van der Waals surface area contributed by atoms with Gasteiger partial charge in [0, 0.05) is 12.8 Å². The van der Waals surface area contributed by atoms with Crippen molar-refractivity contribution in [3.63, 3.8) is 0 Å². The third kappa shape index (κ3) is 11.4. The summed E-state index contributed by atoms with van der Waals surface area (Å²) in [5.74, 6) is 0.298. The van der Waals surface area contributed by atoms with E-state index in [1.165, 1.54) is 64.2 Å². The Morgan fingerprint density at radius 3 is 1.06 bits per heavy atom. The molecule has 0 saturated heterocycles. The number of carbonyl (C=O) groups is 2. The van der Waals surface area contributed by atoms with Gasteiger partial charge in [0.15, 0.2) is 11.6 Å². The number of phenols is 2. The van der Waals surface area contributed by atoms with Gasteiger partial charge in [0.25, 0.3) is 0 Å². The Kier molecular flexibility index (Phi) is 13.9. The van der Waals surface area contributed by atoms with Crippen LogP contribution in [0.2, 0.25) is 0 Å². The van der Waals surface area contributed by atoms with E-state index in [2.05, 4.69) is 0 Å². The predicted octanol–water partition coefficient (Wildman–Crippen LogP) is 9.02. The molecule has 2 aromatic rings. The molecule has 0 aliphatic carbocycles. The van der Waals surface area contributed by atoms with Crippen molar-refractivity contribution in [1.82, 2.24) is 0 Å². The first-order valence-electron chi connectivity index (χ1n) is 14.0. The predicted molar refractivity (Wildman–Crippen MR) is 148 cm³/mol. The molecule has 0 unspecified atom stereocenters. The number of aryl methyl sites for hydroxylation is 2. The lowest BCUT2D eigenvalue weighted by atomic mass is 10.0. The number of Topliss-reactive ketones (excluding diaryl/α,β-unsaturated/α-hetero) is 2. The van der Waals surface area contributed by atoms with Crippen LogP contribution in [-0.4, -0.2) is 21.8 Å². The Hall–Kier alpha value is -2.62. The summed E-state index contributed by atoms with van der Waals surface area (Å²) in [6, 6.07) is 10.5. The molecular weight excluding hydrogens is 448 g/mol. The lowest BCUT2D eigenvalue weighted by Gasteiger charge is -2.06. The molecule has 0 fully saturated rings. The van der Waals surface area contributed by atoms with E-state index in [9.17, 15) is 19.8 Å². The van der Waals surface area contributed by atoms with E-state index in [0.29, 0.717) is 24.0 Å². The Morgan fingerprint density at radius 2 is 0.778 bits per heavy atom.